The number of aliphatic imine (C=N–C) groups is 1. The van der Waals surface area contributed by atoms with Crippen molar-refractivity contribution in [2.45, 2.75) is 83.5 Å². The summed E-state index contributed by atoms with van der Waals surface area (Å²) < 4.78 is 7.19. The third kappa shape index (κ3) is 5.37. The zero-order valence-corrected chi connectivity index (χ0v) is 19.5. The van der Waals surface area contributed by atoms with Gasteiger partial charge in [0.1, 0.15) is 12.4 Å². The van der Waals surface area contributed by atoms with Crippen LogP contribution in [-0.4, -0.2) is 46.5 Å². The average Bonchev–Trinajstić information content (AvgIpc) is 3.32. The minimum Gasteiger partial charge on any atom is -0.377 e. The Labute approximate surface area is 185 Å². The Morgan fingerprint density at radius 1 is 1.21 bits per heavy atom. The summed E-state index contributed by atoms with van der Waals surface area (Å²) in [6, 6.07) is 0.962. The first-order valence-corrected chi connectivity index (χ1v) is 10.8. The van der Waals surface area contributed by atoms with Gasteiger partial charge in [-0.2, -0.15) is 5.10 Å². The Balaban J connectivity index is 0.00000225. The highest BCUT2D eigenvalue weighted by Gasteiger charge is 2.43. The first-order valence-electron chi connectivity index (χ1n) is 10.8. The van der Waals surface area contributed by atoms with Crippen molar-refractivity contribution in [2.75, 3.05) is 13.7 Å². The molecule has 8 heteroatoms. The molecule has 0 radical (unpaired) electrons. The quantitative estimate of drug-likeness (QED) is 0.356. The molecular weight excluding hydrogens is 467 g/mol. The third-order valence-corrected chi connectivity index (χ3v) is 6.25. The summed E-state index contributed by atoms with van der Waals surface area (Å²) in [5.41, 5.74) is 0. The summed E-state index contributed by atoms with van der Waals surface area (Å²) in [6.45, 7) is 4.22. The Morgan fingerprint density at radius 2 is 2.04 bits per heavy atom. The number of aromatic nitrogens is 3. The molecule has 2 heterocycles. The normalized spacial score (nSPS) is 27.6. The van der Waals surface area contributed by atoms with Crippen LogP contribution in [0.2, 0.25) is 0 Å². The minimum atomic E-state index is 0. The van der Waals surface area contributed by atoms with Crippen LogP contribution in [0.4, 0.5) is 0 Å². The largest absolute Gasteiger partial charge is 0.377 e. The molecule has 2 saturated carbocycles. The molecule has 28 heavy (non-hydrogen) atoms. The van der Waals surface area contributed by atoms with Crippen molar-refractivity contribution < 1.29 is 4.74 Å². The number of guanidine groups is 1. The number of ether oxygens (including phenoxy) is 1. The van der Waals surface area contributed by atoms with Crippen LogP contribution >= 0.6 is 24.0 Å². The number of hydrogen-bond acceptors (Lipinski definition) is 4. The topological polar surface area (TPSA) is 76.4 Å². The molecule has 1 aliphatic heterocycles. The lowest BCUT2D eigenvalue weighted by Gasteiger charge is -2.26. The van der Waals surface area contributed by atoms with Gasteiger partial charge in [-0.15, -0.1) is 24.0 Å². The molecule has 0 amide bonds. The van der Waals surface area contributed by atoms with E-state index >= 15 is 0 Å². The third-order valence-electron chi connectivity index (χ3n) is 6.25. The molecule has 0 bridgehead atoms. The van der Waals surface area contributed by atoms with Gasteiger partial charge in [-0.05, 0) is 31.6 Å². The minimum absolute atomic E-state index is 0. The van der Waals surface area contributed by atoms with Crippen molar-refractivity contribution in [2.24, 2.45) is 16.8 Å². The average molecular weight is 502 g/mol. The van der Waals surface area contributed by atoms with Crippen LogP contribution in [0.15, 0.2) is 4.99 Å². The van der Waals surface area contributed by atoms with Crippen molar-refractivity contribution in [1.82, 2.24) is 25.4 Å². The molecule has 2 aliphatic carbocycles. The molecule has 3 atom stereocenters. The van der Waals surface area contributed by atoms with Gasteiger partial charge >= 0.3 is 0 Å². The van der Waals surface area contributed by atoms with E-state index in [1.54, 1.807) is 7.11 Å². The van der Waals surface area contributed by atoms with E-state index < -0.39 is 0 Å². The van der Waals surface area contributed by atoms with Gasteiger partial charge in [0.15, 0.2) is 11.8 Å². The fourth-order valence-corrected chi connectivity index (χ4v) is 4.79. The predicted octanol–water partition coefficient (Wildman–Crippen LogP) is 2.88. The number of rotatable bonds is 6. The summed E-state index contributed by atoms with van der Waals surface area (Å²) in [4.78, 5) is 9.26. The van der Waals surface area contributed by atoms with E-state index in [0.717, 1.165) is 55.4 Å². The Hall–Kier alpha value is -0.900. The summed E-state index contributed by atoms with van der Waals surface area (Å²) in [7, 11) is 1.68. The van der Waals surface area contributed by atoms with Gasteiger partial charge in [-0.3, -0.25) is 4.99 Å². The van der Waals surface area contributed by atoms with Crippen LogP contribution in [0.3, 0.4) is 0 Å². The highest BCUT2D eigenvalue weighted by molar-refractivity contribution is 14.0. The van der Waals surface area contributed by atoms with Gasteiger partial charge in [0.25, 0.3) is 0 Å². The number of aryl methyl sites for hydroxylation is 1. The van der Waals surface area contributed by atoms with Gasteiger partial charge in [0, 0.05) is 32.2 Å². The van der Waals surface area contributed by atoms with Crippen molar-refractivity contribution in [1.29, 1.82) is 0 Å². The summed E-state index contributed by atoms with van der Waals surface area (Å²) in [6.07, 6.45) is 10.5. The van der Waals surface area contributed by atoms with E-state index in [9.17, 15) is 0 Å². The molecular formula is C20H35IN6O. The maximum atomic E-state index is 5.16. The monoisotopic (exact) mass is 502 g/mol. The highest BCUT2D eigenvalue weighted by atomic mass is 127. The van der Waals surface area contributed by atoms with Gasteiger partial charge in [-0.1, -0.05) is 32.1 Å². The number of nitrogens with one attached hydrogen (secondary N) is 2. The lowest BCUT2D eigenvalue weighted by molar-refractivity contribution is 0.177. The molecule has 3 unspecified atom stereocenters. The van der Waals surface area contributed by atoms with Crippen molar-refractivity contribution >= 4 is 29.9 Å². The standard InChI is InChI=1S/C20H34N6O.HI/c1-3-21-20(23-17-11-16(17)14-7-5-4-6-8-14)22-15-9-10-19-24-18(13-27-2)25-26(19)12-15;/h14-17H,3-13H2,1-2H3,(H2,21,22,23);1H. The second-order valence-electron chi connectivity index (χ2n) is 8.31. The van der Waals surface area contributed by atoms with Crippen molar-refractivity contribution in [3.8, 4) is 0 Å². The Kier molecular flexibility index (Phi) is 7.96. The van der Waals surface area contributed by atoms with E-state index in [-0.39, 0.29) is 24.0 Å². The fraction of sp³-hybridized carbons (Fsp3) is 0.850. The van der Waals surface area contributed by atoms with Crippen LogP contribution in [0, 0.1) is 11.8 Å². The molecule has 0 saturated heterocycles. The number of methoxy groups -OCH3 is 1. The van der Waals surface area contributed by atoms with Gasteiger partial charge in [0.2, 0.25) is 0 Å². The van der Waals surface area contributed by atoms with Crippen LogP contribution in [0.25, 0.3) is 0 Å². The summed E-state index contributed by atoms with van der Waals surface area (Å²) in [5, 5.41) is 11.9. The number of hydrogen-bond donors (Lipinski definition) is 2. The number of fused-ring (bicyclic) bond motifs is 1. The van der Waals surface area contributed by atoms with Gasteiger partial charge in [-0.25, -0.2) is 9.67 Å². The van der Waals surface area contributed by atoms with Crippen LogP contribution in [-0.2, 0) is 24.3 Å². The van der Waals surface area contributed by atoms with E-state index in [2.05, 4.69) is 27.6 Å². The molecule has 4 rings (SSSR count). The van der Waals surface area contributed by atoms with Crippen LogP contribution in [0.5, 0.6) is 0 Å². The SMILES string of the molecule is CCN=C(NC1CCc2nc(COC)nn2C1)NC1CC1C1CCCCC1.I. The molecule has 2 fully saturated rings. The van der Waals surface area contributed by atoms with Crippen LogP contribution in [0.1, 0.15) is 63.5 Å². The second-order valence-corrected chi connectivity index (χ2v) is 8.31. The van der Waals surface area contributed by atoms with Crippen molar-refractivity contribution in [3.05, 3.63) is 11.6 Å². The van der Waals surface area contributed by atoms with Gasteiger partial charge in [0.05, 0.1) is 6.54 Å². The predicted molar refractivity (Wildman–Crippen MR) is 121 cm³/mol. The Morgan fingerprint density at radius 3 is 2.79 bits per heavy atom. The summed E-state index contributed by atoms with van der Waals surface area (Å²) in [5.74, 6) is 4.62. The molecule has 7 nitrogen and oxygen atoms in total. The lowest BCUT2D eigenvalue weighted by atomic mass is 9.85. The smallest absolute Gasteiger partial charge is 0.191 e. The first-order chi connectivity index (χ1) is 13.3. The van der Waals surface area contributed by atoms with E-state index in [0.29, 0.717) is 18.7 Å². The Bertz CT molecular complexity index is 657. The van der Waals surface area contributed by atoms with E-state index in [1.165, 1.54) is 38.5 Å². The first kappa shape index (κ1) is 21.8. The molecule has 1 aromatic rings. The number of halogens is 1. The van der Waals surface area contributed by atoms with E-state index in [1.807, 2.05) is 4.68 Å². The van der Waals surface area contributed by atoms with Crippen molar-refractivity contribution in [3.63, 3.8) is 0 Å². The maximum Gasteiger partial charge on any atom is 0.191 e. The second kappa shape index (κ2) is 10.2. The lowest BCUT2D eigenvalue weighted by Crippen LogP contribution is -2.48. The highest BCUT2D eigenvalue weighted by Crippen LogP contribution is 2.44. The summed E-state index contributed by atoms with van der Waals surface area (Å²) >= 11 is 0. The number of nitrogens with zero attached hydrogens (tertiary/aromatic N) is 4. The zero-order chi connectivity index (χ0) is 18.6. The molecule has 3 aliphatic rings. The van der Waals surface area contributed by atoms with E-state index in [4.69, 9.17) is 9.73 Å². The molecule has 0 spiro atoms. The molecule has 2 N–H and O–H groups in total. The molecule has 0 aromatic carbocycles. The maximum absolute atomic E-state index is 5.16. The van der Waals surface area contributed by atoms with Crippen LogP contribution < -0.4 is 10.6 Å². The molecule has 1 aromatic heterocycles. The molecule has 158 valence electrons. The fourth-order valence-electron chi connectivity index (χ4n) is 4.79. The zero-order valence-electron chi connectivity index (χ0n) is 17.2. The van der Waals surface area contributed by atoms with Gasteiger partial charge < -0.3 is 15.4 Å².